The van der Waals surface area contributed by atoms with Crippen LogP contribution in [0.1, 0.15) is 11.5 Å². The zero-order valence-electron chi connectivity index (χ0n) is 10.0. The van der Waals surface area contributed by atoms with E-state index in [9.17, 15) is 0 Å². The fourth-order valence-corrected chi connectivity index (χ4v) is 1.92. The Balaban J connectivity index is 1.83. The third kappa shape index (κ3) is 1.90. The highest BCUT2D eigenvalue weighted by Gasteiger charge is 2.04. The van der Waals surface area contributed by atoms with Gasteiger partial charge in [0.1, 0.15) is 11.5 Å². The van der Waals surface area contributed by atoms with Gasteiger partial charge in [0.15, 0.2) is 0 Å². The average Bonchev–Trinajstić information content (AvgIpc) is 2.94. The summed E-state index contributed by atoms with van der Waals surface area (Å²) < 4.78 is 5.49. The second-order valence-electron chi connectivity index (χ2n) is 4.26. The van der Waals surface area contributed by atoms with Gasteiger partial charge in [0.2, 0.25) is 0 Å². The quantitative estimate of drug-likeness (QED) is 0.617. The largest absolute Gasteiger partial charge is 0.465 e. The van der Waals surface area contributed by atoms with Gasteiger partial charge in [-0.05, 0) is 31.2 Å². The molecule has 0 unspecified atom stereocenters. The van der Waals surface area contributed by atoms with Crippen LogP contribution in [0.25, 0.3) is 10.9 Å². The first kappa shape index (κ1) is 10.7. The Labute approximate surface area is 104 Å². The lowest BCUT2D eigenvalue weighted by atomic mass is 10.2. The maximum atomic E-state index is 5.98. The predicted molar refractivity (Wildman–Crippen MR) is 71.3 cm³/mol. The molecule has 5 nitrogen and oxygen atoms in total. The normalized spacial score (nSPS) is 10.9. The van der Waals surface area contributed by atoms with Gasteiger partial charge in [-0.1, -0.05) is 0 Å². The van der Waals surface area contributed by atoms with Crippen LogP contribution in [-0.2, 0) is 6.54 Å². The van der Waals surface area contributed by atoms with E-state index >= 15 is 0 Å². The van der Waals surface area contributed by atoms with Crippen molar-refractivity contribution in [1.82, 2.24) is 10.2 Å². The summed E-state index contributed by atoms with van der Waals surface area (Å²) in [6.07, 6.45) is 1.76. The Hall–Kier alpha value is -2.43. The number of hydrogen-bond acceptors (Lipinski definition) is 4. The molecule has 0 aliphatic rings. The lowest BCUT2D eigenvalue weighted by Crippen LogP contribution is -2.01. The molecular formula is C13H14N4O. The minimum absolute atomic E-state index is 0.609. The van der Waals surface area contributed by atoms with Crippen LogP contribution in [0.3, 0.4) is 0 Å². The van der Waals surface area contributed by atoms with Crippen molar-refractivity contribution in [3.05, 3.63) is 42.0 Å². The van der Waals surface area contributed by atoms with Gasteiger partial charge in [-0.2, -0.15) is 5.10 Å². The topological polar surface area (TPSA) is 79.9 Å². The third-order valence-corrected chi connectivity index (χ3v) is 2.86. The lowest BCUT2D eigenvalue weighted by Gasteiger charge is -2.08. The number of aromatic amines is 1. The van der Waals surface area contributed by atoms with E-state index in [1.165, 1.54) is 0 Å². The molecule has 2 aromatic heterocycles. The summed E-state index contributed by atoms with van der Waals surface area (Å²) in [5.41, 5.74) is 8.52. The molecule has 3 rings (SSSR count). The molecule has 0 bridgehead atoms. The van der Waals surface area contributed by atoms with Crippen molar-refractivity contribution in [2.24, 2.45) is 0 Å². The predicted octanol–water partition coefficient (Wildman–Crippen LogP) is 2.66. The number of benzene rings is 1. The van der Waals surface area contributed by atoms with E-state index in [0.29, 0.717) is 12.2 Å². The van der Waals surface area contributed by atoms with Crippen LogP contribution in [-0.4, -0.2) is 10.2 Å². The second-order valence-corrected chi connectivity index (χ2v) is 4.26. The Kier molecular flexibility index (Phi) is 2.44. The number of nitrogens with one attached hydrogen (secondary N) is 2. The van der Waals surface area contributed by atoms with Gasteiger partial charge in [-0.25, -0.2) is 0 Å². The molecule has 2 heterocycles. The summed E-state index contributed by atoms with van der Waals surface area (Å²) in [7, 11) is 0. The third-order valence-electron chi connectivity index (χ3n) is 2.86. The number of furan rings is 1. The molecular weight excluding hydrogens is 228 g/mol. The smallest absolute Gasteiger partial charge is 0.123 e. The van der Waals surface area contributed by atoms with Gasteiger partial charge in [0, 0.05) is 5.39 Å². The van der Waals surface area contributed by atoms with Gasteiger partial charge >= 0.3 is 0 Å². The molecule has 92 valence electrons. The summed E-state index contributed by atoms with van der Waals surface area (Å²) in [6, 6.07) is 7.74. The molecule has 3 aromatic rings. The number of aromatic nitrogens is 2. The number of nitrogen functional groups attached to an aromatic ring is 1. The van der Waals surface area contributed by atoms with E-state index in [1.54, 1.807) is 6.20 Å². The molecule has 0 saturated carbocycles. The molecule has 1 aromatic carbocycles. The molecule has 0 spiro atoms. The first-order chi connectivity index (χ1) is 8.72. The molecule has 5 heteroatoms. The summed E-state index contributed by atoms with van der Waals surface area (Å²) in [4.78, 5) is 0. The summed E-state index contributed by atoms with van der Waals surface area (Å²) in [5, 5.41) is 11.2. The Bertz CT molecular complexity index is 683. The maximum absolute atomic E-state index is 5.98. The van der Waals surface area contributed by atoms with Crippen LogP contribution in [0.5, 0.6) is 0 Å². The SMILES string of the molecule is Cc1ccc(CNc2cc3[nH]ncc3cc2N)o1. The number of H-pyrrole nitrogens is 1. The van der Waals surface area contributed by atoms with Crippen molar-refractivity contribution in [3.8, 4) is 0 Å². The molecule has 0 radical (unpaired) electrons. The fraction of sp³-hybridized carbons (Fsp3) is 0.154. The number of aryl methyl sites for hydroxylation is 1. The molecule has 0 aliphatic heterocycles. The zero-order chi connectivity index (χ0) is 12.5. The van der Waals surface area contributed by atoms with Crippen LogP contribution in [0.15, 0.2) is 34.9 Å². The molecule has 4 N–H and O–H groups in total. The minimum atomic E-state index is 0.609. The molecule has 0 saturated heterocycles. The molecule has 0 atom stereocenters. The highest BCUT2D eigenvalue weighted by Crippen LogP contribution is 2.25. The van der Waals surface area contributed by atoms with Gasteiger partial charge < -0.3 is 15.5 Å². The molecule has 0 amide bonds. The summed E-state index contributed by atoms with van der Waals surface area (Å²) in [6.45, 7) is 2.53. The monoisotopic (exact) mass is 242 g/mol. The van der Waals surface area contributed by atoms with Crippen molar-refractivity contribution < 1.29 is 4.42 Å². The van der Waals surface area contributed by atoms with Gasteiger partial charge in [-0.3, -0.25) is 5.10 Å². The minimum Gasteiger partial charge on any atom is -0.465 e. The number of fused-ring (bicyclic) bond motifs is 1. The van der Waals surface area contributed by atoms with E-state index in [2.05, 4.69) is 15.5 Å². The van der Waals surface area contributed by atoms with Crippen molar-refractivity contribution in [2.75, 3.05) is 11.1 Å². The molecule has 18 heavy (non-hydrogen) atoms. The molecule has 0 fully saturated rings. The van der Waals surface area contributed by atoms with Crippen LogP contribution in [0.2, 0.25) is 0 Å². The first-order valence-electron chi connectivity index (χ1n) is 5.74. The van der Waals surface area contributed by atoms with E-state index in [0.717, 1.165) is 28.1 Å². The number of rotatable bonds is 3. The van der Waals surface area contributed by atoms with E-state index in [-0.39, 0.29) is 0 Å². The van der Waals surface area contributed by atoms with Crippen molar-refractivity contribution >= 4 is 22.3 Å². The number of nitrogens with two attached hydrogens (primary N) is 1. The second kappa shape index (κ2) is 4.10. The zero-order valence-corrected chi connectivity index (χ0v) is 10.0. The van der Waals surface area contributed by atoms with Crippen LogP contribution >= 0.6 is 0 Å². The first-order valence-corrected chi connectivity index (χ1v) is 5.74. The lowest BCUT2D eigenvalue weighted by molar-refractivity contribution is 0.490. The number of nitrogens with zero attached hydrogens (tertiary/aromatic N) is 1. The van der Waals surface area contributed by atoms with Gasteiger partial charge in [0.25, 0.3) is 0 Å². The van der Waals surface area contributed by atoms with Crippen molar-refractivity contribution in [2.45, 2.75) is 13.5 Å². The Morgan fingerprint density at radius 1 is 1.39 bits per heavy atom. The summed E-state index contributed by atoms with van der Waals surface area (Å²) in [5.74, 6) is 1.79. The van der Waals surface area contributed by atoms with Crippen LogP contribution < -0.4 is 11.1 Å². The van der Waals surface area contributed by atoms with E-state index in [1.807, 2.05) is 31.2 Å². The van der Waals surface area contributed by atoms with Crippen LogP contribution in [0.4, 0.5) is 11.4 Å². The maximum Gasteiger partial charge on any atom is 0.123 e. The van der Waals surface area contributed by atoms with Gasteiger partial charge in [-0.15, -0.1) is 0 Å². The standard InChI is InChI=1S/C13H14N4O/c1-8-2-3-10(18-8)7-15-13-5-12-9(4-11(13)14)6-16-17-12/h2-6,15H,7,14H2,1H3,(H,16,17). The van der Waals surface area contributed by atoms with Gasteiger partial charge in [0.05, 0.1) is 29.6 Å². The Morgan fingerprint density at radius 3 is 3.06 bits per heavy atom. The van der Waals surface area contributed by atoms with Crippen molar-refractivity contribution in [1.29, 1.82) is 0 Å². The van der Waals surface area contributed by atoms with Crippen LogP contribution in [0, 0.1) is 6.92 Å². The number of hydrogen-bond donors (Lipinski definition) is 3. The number of anilines is 2. The highest BCUT2D eigenvalue weighted by molar-refractivity contribution is 5.88. The fourth-order valence-electron chi connectivity index (χ4n) is 1.92. The van der Waals surface area contributed by atoms with Crippen molar-refractivity contribution in [3.63, 3.8) is 0 Å². The van der Waals surface area contributed by atoms with E-state index in [4.69, 9.17) is 10.2 Å². The Morgan fingerprint density at radius 2 is 2.28 bits per heavy atom. The summed E-state index contributed by atoms with van der Waals surface area (Å²) >= 11 is 0. The molecule has 0 aliphatic carbocycles. The highest BCUT2D eigenvalue weighted by atomic mass is 16.3. The average molecular weight is 242 g/mol. The van der Waals surface area contributed by atoms with E-state index < -0.39 is 0 Å².